The van der Waals surface area contributed by atoms with E-state index in [1.807, 2.05) is 42.5 Å². The summed E-state index contributed by atoms with van der Waals surface area (Å²) in [5.41, 5.74) is 1.18. The Labute approximate surface area is 144 Å². The first-order chi connectivity index (χ1) is 11.6. The fourth-order valence-electron chi connectivity index (χ4n) is 2.13. The summed E-state index contributed by atoms with van der Waals surface area (Å²) < 4.78 is 18.9. The van der Waals surface area contributed by atoms with Crippen molar-refractivity contribution in [3.05, 3.63) is 89.2 Å². The van der Waals surface area contributed by atoms with E-state index in [2.05, 4.69) is 5.32 Å². The number of halogens is 2. The fraction of sp³-hybridized carbons (Fsp3) is 0. The Balaban J connectivity index is 1.75. The van der Waals surface area contributed by atoms with Crippen molar-refractivity contribution in [3.63, 3.8) is 0 Å². The Morgan fingerprint density at radius 3 is 2.42 bits per heavy atom. The molecule has 3 aromatic carbocycles. The van der Waals surface area contributed by atoms with Gasteiger partial charge in [0.25, 0.3) is 0 Å². The van der Waals surface area contributed by atoms with Crippen LogP contribution in [0.15, 0.2) is 72.8 Å². The number of anilines is 1. The van der Waals surface area contributed by atoms with Gasteiger partial charge in [-0.1, -0.05) is 41.9 Å². The highest BCUT2D eigenvalue weighted by Crippen LogP contribution is 2.23. The first kappa shape index (κ1) is 16.0. The lowest BCUT2D eigenvalue weighted by molar-refractivity contribution is 0.482. The van der Waals surface area contributed by atoms with Crippen LogP contribution in [-0.2, 0) is 0 Å². The minimum absolute atomic E-state index is 0.00830. The molecule has 0 aliphatic carbocycles. The van der Waals surface area contributed by atoms with Crippen LogP contribution in [0, 0.1) is 11.2 Å². The molecule has 3 rings (SSSR count). The standard InChI is InChI=1S/C19H14ClFN2O/c20-17-12-14(9-10-18(17)21)23-19(22)13-5-4-8-16(11-13)24-15-6-2-1-3-7-15/h1-12H,(H2,22,23). The number of para-hydroxylation sites is 1. The second-order valence-corrected chi connectivity index (χ2v) is 5.48. The normalized spacial score (nSPS) is 10.2. The Bertz CT molecular complexity index is 868. The van der Waals surface area contributed by atoms with E-state index >= 15 is 0 Å². The summed E-state index contributed by atoms with van der Waals surface area (Å²) in [6, 6.07) is 20.8. The van der Waals surface area contributed by atoms with E-state index in [4.69, 9.17) is 21.7 Å². The van der Waals surface area contributed by atoms with E-state index in [0.29, 0.717) is 17.0 Å². The molecule has 0 saturated carbocycles. The second kappa shape index (κ2) is 7.15. The molecule has 24 heavy (non-hydrogen) atoms. The molecule has 5 heteroatoms. The third-order valence-corrected chi connectivity index (χ3v) is 3.58. The molecule has 3 aromatic rings. The highest BCUT2D eigenvalue weighted by atomic mass is 35.5. The number of hydrogen-bond acceptors (Lipinski definition) is 2. The maximum atomic E-state index is 13.2. The van der Waals surface area contributed by atoms with Gasteiger partial charge in [-0.05, 0) is 42.5 Å². The Kier molecular flexibility index (Phi) is 4.77. The monoisotopic (exact) mass is 340 g/mol. The van der Waals surface area contributed by atoms with E-state index in [9.17, 15) is 4.39 Å². The average Bonchev–Trinajstić information content (AvgIpc) is 2.59. The number of ether oxygens (including phenoxy) is 1. The van der Waals surface area contributed by atoms with E-state index in [1.165, 1.54) is 18.2 Å². The molecule has 0 unspecified atom stereocenters. The van der Waals surface area contributed by atoms with E-state index in [1.54, 1.807) is 12.1 Å². The van der Waals surface area contributed by atoms with Crippen LogP contribution in [0.25, 0.3) is 0 Å². The van der Waals surface area contributed by atoms with Crippen LogP contribution in [-0.4, -0.2) is 5.84 Å². The predicted octanol–water partition coefficient (Wildman–Crippen LogP) is 5.71. The number of amidine groups is 1. The molecule has 2 N–H and O–H groups in total. The zero-order valence-corrected chi connectivity index (χ0v) is 13.3. The van der Waals surface area contributed by atoms with Crippen molar-refractivity contribution in [2.24, 2.45) is 0 Å². The SMILES string of the molecule is N=C(Nc1ccc(F)c(Cl)c1)c1cccc(Oc2ccccc2)c1. The summed E-state index contributed by atoms with van der Waals surface area (Å²) in [6.45, 7) is 0. The largest absolute Gasteiger partial charge is 0.457 e. The van der Waals surface area contributed by atoms with E-state index < -0.39 is 5.82 Å². The third kappa shape index (κ3) is 3.91. The number of nitrogens with one attached hydrogen (secondary N) is 2. The fourth-order valence-corrected chi connectivity index (χ4v) is 2.31. The van der Waals surface area contributed by atoms with Gasteiger partial charge in [0.15, 0.2) is 0 Å². The predicted molar refractivity (Wildman–Crippen MR) is 94.8 cm³/mol. The van der Waals surface area contributed by atoms with Crippen LogP contribution in [0.3, 0.4) is 0 Å². The summed E-state index contributed by atoms with van der Waals surface area (Å²) in [6.07, 6.45) is 0. The van der Waals surface area contributed by atoms with Crippen molar-refractivity contribution >= 4 is 23.1 Å². The Hall–Kier alpha value is -2.85. The van der Waals surface area contributed by atoms with Crippen LogP contribution in [0.5, 0.6) is 11.5 Å². The number of rotatable bonds is 4. The zero-order valence-electron chi connectivity index (χ0n) is 12.6. The summed E-state index contributed by atoms with van der Waals surface area (Å²) in [7, 11) is 0. The lowest BCUT2D eigenvalue weighted by atomic mass is 10.2. The van der Waals surface area contributed by atoms with Crippen LogP contribution in [0.4, 0.5) is 10.1 Å². The average molecular weight is 341 g/mol. The van der Waals surface area contributed by atoms with Crippen molar-refractivity contribution in [1.82, 2.24) is 0 Å². The first-order valence-electron chi connectivity index (χ1n) is 7.26. The number of hydrogen-bond donors (Lipinski definition) is 2. The second-order valence-electron chi connectivity index (χ2n) is 5.07. The number of benzene rings is 3. The van der Waals surface area contributed by atoms with Crippen molar-refractivity contribution < 1.29 is 9.13 Å². The lowest BCUT2D eigenvalue weighted by Gasteiger charge is -2.11. The molecule has 0 saturated heterocycles. The molecule has 0 bridgehead atoms. The first-order valence-corrected chi connectivity index (χ1v) is 7.63. The molecule has 0 spiro atoms. The summed E-state index contributed by atoms with van der Waals surface area (Å²) in [5, 5.41) is 11.1. The minimum atomic E-state index is -0.494. The molecule has 0 atom stereocenters. The quantitative estimate of drug-likeness (QED) is 0.472. The topological polar surface area (TPSA) is 45.1 Å². The molecule has 0 amide bonds. The highest BCUT2D eigenvalue weighted by molar-refractivity contribution is 6.31. The van der Waals surface area contributed by atoms with Crippen molar-refractivity contribution in [3.8, 4) is 11.5 Å². The molecular formula is C19H14ClFN2O. The van der Waals surface area contributed by atoms with Gasteiger partial charge in [0.2, 0.25) is 0 Å². The molecule has 3 nitrogen and oxygen atoms in total. The maximum absolute atomic E-state index is 13.2. The van der Waals surface area contributed by atoms with Gasteiger partial charge in [-0.25, -0.2) is 4.39 Å². The Morgan fingerprint density at radius 1 is 0.917 bits per heavy atom. The minimum Gasteiger partial charge on any atom is -0.457 e. The molecule has 0 aromatic heterocycles. The third-order valence-electron chi connectivity index (χ3n) is 3.29. The molecule has 0 aliphatic rings. The van der Waals surface area contributed by atoms with Crippen LogP contribution >= 0.6 is 11.6 Å². The van der Waals surface area contributed by atoms with Gasteiger partial charge < -0.3 is 10.1 Å². The zero-order chi connectivity index (χ0) is 16.9. The van der Waals surface area contributed by atoms with Gasteiger partial charge in [0.05, 0.1) is 5.02 Å². The van der Waals surface area contributed by atoms with Crippen molar-refractivity contribution in [1.29, 1.82) is 5.41 Å². The van der Waals surface area contributed by atoms with Gasteiger partial charge in [-0.3, -0.25) is 5.41 Å². The lowest BCUT2D eigenvalue weighted by Crippen LogP contribution is -2.12. The summed E-state index contributed by atoms with van der Waals surface area (Å²) >= 11 is 5.75. The van der Waals surface area contributed by atoms with Crippen LogP contribution in [0.1, 0.15) is 5.56 Å². The van der Waals surface area contributed by atoms with Gasteiger partial charge >= 0.3 is 0 Å². The summed E-state index contributed by atoms with van der Waals surface area (Å²) in [4.78, 5) is 0. The molecule has 0 fully saturated rings. The molecule has 0 aliphatic heterocycles. The van der Waals surface area contributed by atoms with Gasteiger partial charge in [0.1, 0.15) is 23.2 Å². The smallest absolute Gasteiger partial charge is 0.141 e. The van der Waals surface area contributed by atoms with Crippen LogP contribution < -0.4 is 10.1 Å². The molecule has 120 valence electrons. The van der Waals surface area contributed by atoms with Crippen molar-refractivity contribution in [2.75, 3.05) is 5.32 Å². The Morgan fingerprint density at radius 2 is 1.67 bits per heavy atom. The summed E-state index contributed by atoms with van der Waals surface area (Å²) in [5.74, 6) is 1.02. The van der Waals surface area contributed by atoms with Gasteiger partial charge in [0, 0.05) is 11.3 Å². The highest BCUT2D eigenvalue weighted by Gasteiger charge is 2.06. The van der Waals surface area contributed by atoms with Crippen molar-refractivity contribution in [2.45, 2.75) is 0 Å². The molecular weight excluding hydrogens is 327 g/mol. The molecule has 0 heterocycles. The van der Waals surface area contributed by atoms with Crippen LogP contribution in [0.2, 0.25) is 5.02 Å². The van der Waals surface area contributed by atoms with Gasteiger partial charge in [-0.15, -0.1) is 0 Å². The van der Waals surface area contributed by atoms with E-state index in [-0.39, 0.29) is 10.9 Å². The molecule has 0 radical (unpaired) electrons. The maximum Gasteiger partial charge on any atom is 0.141 e. The van der Waals surface area contributed by atoms with Gasteiger partial charge in [-0.2, -0.15) is 0 Å². The van der Waals surface area contributed by atoms with E-state index in [0.717, 1.165) is 5.75 Å².